The van der Waals surface area contributed by atoms with Gasteiger partial charge in [-0.15, -0.1) is 11.3 Å². The largest absolute Gasteiger partial charge is 0.386 e. The minimum Gasteiger partial charge on any atom is -0.386 e. The molecule has 1 aromatic heterocycles. The molecule has 1 fully saturated rings. The van der Waals surface area contributed by atoms with Crippen molar-refractivity contribution in [1.29, 1.82) is 0 Å². The number of fused-ring (bicyclic) bond motifs is 1. The molecule has 1 aromatic carbocycles. The number of hydrogen-bond donors (Lipinski definition) is 1. The Morgan fingerprint density at radius 1 is 1.32 bits per heavy atom. The van der Waals surface area contributed by atoms with Crippen LogP contribution in [0, 0.1) is 0 Å². The summed E-state index contributed by atoms with van der Waals surface area (Å²) < 4.78 is 7.62. The molecule has 19 heavy (non-hydrogen) atoms. The van der Waals surface area contributed by atoms with Crippen LogP contribution in [-0.4, -0.2) is 42.9 Å². The number of halogens is 1. The van der Waals surface area contributed by atoms with E-state index >= 15 is 0 Å². The van der Waals surface area contributed by atoms with E-state index in [-0.39, 0.29) is 0 Å². The Morgan fingerprint density at radius 3 is 2.89 bits per heavy atom. The van der Waals surface area contributed by atoms with Crippen LogP contribution in [0.1, 0.15) is 11.0 Å². The summed E-state index contributed by atoms with van der Waals surface area (Å²) in [5.41, 5.74) is 0. The Labute approximate surface area is 124 Å². The van der Waals surface area contributed by atoms with Gasteiger partial charge in [-0.3, -0.25) is 4.90 Å². The fourth-order valence-electron chi connectivity index (χ4n) is 2.32. The Morgan fingerprint density at radius 2 is 2.11 bits per heavy atom. The van der Waals surface area contributed by atoms with Crippen LogP contribution < -0.4 is 0 Å². The van der Waals surface area contributed by atoms with Crippen LogP contribution in [-0.2, 0) is 4.74 Å². The molecule has 0 amide bonds. The van der Waals surface area contributed by atoms with E-state index < -0.39 is 6.10 Å². The summed E-state index contributed by atoms with van der Waals surface area (Å²) in [7, 11) is 0. The van der Waals surface area contributed by atoms with Crippen molar-refractivity contribution >= 4 is 37.4 Å². The van der Waals surface area contributed by atoms with Crippen LogP contribution in [0.15, 0.2) is 28.7 Å². The molecule has 5 heteroatoms. The highest BCUT2D eigenvalue weighted by atomic mass is 79.9. The second-order valence-corrected chi connectivity index (χ2v) is 6.79. The Hall–Kier alpha value is -0.460. The summed E-state index contributed by atoms with van der Waals surface area (Å²) in [5, 5.41) is 11.5. The van der Waals surface area contributed by atoms with Crippen molar-refractivity contribution in [3.8, 4) is 0 Å². The predicted octanol–water partition coefficient (Wildman–Crippen LogP) is 3.03. The molecular weight excluding hydrogens is 326 g/mol. The van der Waals surface area contributed by atoms with Gasteiger partial charge < -0.3 is 9.84 Å². The van der Waals surface area contributed by atoms with E-state index in [1.165, 1.54) is 10.1 Å². The zero-order valence-corrected chi connectivity index (χ0v) is 12.9. The van der Waals surface area contributed by atoms with Gasteiger partial charge in [0, 0.05) is 33.7 Å². The Bertz CT molecular complexity index is 566. The molecule has 1 saturated heterocycles. The van der Waals surface area contributed by atoms with Crippen LogP contribution in [0.2, 0.25) is 0 Å². The zero-order chi connectivity index (χ0) is 13.2. The number of thiophene rings is 1. The quantitative estimate of drug-likeness (QED) is 0.931. The molecular formula is C14H16BrNO2S. The Kier molecular flexibility index (Phi) is 4.19. The lowest BCUT2D eigenvalue weighted by atomic mass is 10.2. The molecule has 3 nitrogen and oxygen atoms in total. The number of nitrogens with zero attached hydrogens (tertiary/aromatic N) is 1. The molecule has 1 atom stereocenters. The van der Waals surface area contributed by atoms with Crippen LogP contribution in [0.4, 0.5) is 0 Å². The molecule has 2 heterocycles. The molecule has 2 aromatic rings. The first-order valence-electron chi connectivity index (χ1n) is 6.39. The Balaban J connectivity index is 1.75. The second kappa shape index (κ2) is 5.89. The average molecular weight is 342 g/mol. The van der Waals surface area contributed by atoms with E-state index in [0.29, 0.717) is 6.54 Å². The van der Waals surface area contributed by atoms with E-state index in [4.69, 9.17) is 4.74 Å². The van der Waals surface area contributed by atoms with E-state index in [1.54, 1.807) is 11.3 Å². The molecule has 0 saturated carbocycles. The molecule has 1 unspecified atom stereocenters. The van der Waals surface area contributed by atoms with Crippen molar-refractivity contribution in [3.63, 3.8) is 0 Å². The predicted molar refractivity (Wildman–Crippen MR) is 81.7 cm³/mol. The van der Waals surface area contributed by atoms with Crippen molar-refractivity contribution < 1.29 is 9.84 Å². The van der Waals surface area contributed by atoms with Gasteiger partial charge >= 0.3 is 0 Å². The molecule has 0 radical (unpaired) electrons. The van der Waals surface area contributed by atoms with Gasteiger partial charge in [0.1, 0.15) is 6.10 Å². The van der Waals surface area contributed by atoms with Gasteiger partial charge in [-0.2, -0.15) is 0 Å². The monoisotopic (exact) mass is 341 g/mol. The fraction of sp³-hybridized carbons (Fsp3) is 0.429. The fourth-order valence-corrected chi connectivity index (χ4v) is 3.72. The number of hydrogen-bond acceptors (Lipinski definition) is 4. The van der Waals surface area contributed by atoms with Gasteiger partial charge in [-0.05, 0) is 29.7 Å². The first-order chi connectivity index (χ1) is 9.22. The zero-order valence-electron chi connectivity index (χ0n) is 10.5. The highest BCUT2D eigenvalue weighted by Crippen LogP contribution is 2.32. The van der Waals surface area contributed by atoms with Crippen LogP contribution in [0.3, 0.4) is 0 Å². The summed E-state index contributed by atoms with van der Waals surface area (Å²) in [4.78, 5) is 3.30. The topological polar surface area (TPSA) is 32.7 Å². The number of β-amino-alcohol motifs (C(OH)–C–C–N with tert-alkyl or cyclic N) is 1. The van der Waals surface area contributed by atoms with Crippen molar-refractivity contribution in [2.24, 2.45) is 0 Å². The number of ether oxygens (including phenoxy) is 1. The SMILES string of the molecule is OC(CN1CCOCC1)c1cc2cc(Br)ccc2s1. The van der Waals surface area contributed by atoms with Gasteiger partial charge in [-0.25, -0.2) is 0 Å². The van der Waals surface area contributed by atoms with Crippen molar-refractivity contribution in [3.05, 3.63) is 33.6 Å². The van der Waals surface area contributed by atoms with Crippen LogP contribution in [0.5, 0.6) is 0 Å². The van der Waals surface area contributed by atoms with E-state index in [1.807, 2.05) is 6.07 Å². The van der Waals surface area contributed by atoms with E-state index in [9.17, 15) is 5.11 Å². The minimum atomic E-state index is -0.408. The van der Waals surface area contributed by atoms with Crippen LogP contribution >= 0.6 is 27.3 Å². The third-order valence-corrected chi connectivity index (χ3v) is 5.07. The third kappa shape index (κ3) is 3.17. The molecule has 102 valence electrons. The van der Waals surface area contributed by atoms with Gasteiger partial charge in [0.05, 0.1) is 13.2 Å². The van der Waals surface area contributed by atoms with Crippen molar-refractivity contribution in [2.45, 2.75) is 6.10 Å². The summed E-state index contributed by atoms with van der Waals surface area (Å²) in [6.45, 7) is 4.05. The number of rotatable bonds is 3. The smallest absolute Gasteiger partial charge is 0.101 e. The maximum atomic E-state index is 10.4. The van der Waals surface area contributed by atoms with Gasteiger partial charge in [0.25, 0.3) is 0 Å². The summed E-state index contributed by atoms with van der Waals surface area (Å²) >= 11 is 5.15. The summed E-state index contributed by atoms with van der Waals surface area (Å²) in [6, 6.07) is 8.32. The number of aliphatic hydroxyl groups is 1. The normalized spacial score (nSPS) is 18.8. The molecule has 1 N–H and O–H groups in total. The average Bonchev–Trinajstić information content (AvgIpc) is 2.83. The lowest BCUT2D eigenvalue weighted by molar-refractivity contribution is 0.0150. The van der Waals surface area contributed by atoms with Gasteiger partial charge in [0.2, 0.25) is 0 Å². The molecule has 0 spiro atoms. The highest BCUT2D eigenvalue weighted by molar-refractivity contribution is 9.10. The van der Waals surface area contributed by atoms with Crippen LogP contribution in [0.25, 0.3) is 10.1 Å². The number of benzene rings is 1. The lowest BCUT2D eigenvalue weighted by Gasteiger charge is -2.28. The van der Waals surface area contributed by atoms with Crippen molar-refractivity contribution in [2.75, 3.05) is 32.8 Å². The summed E-state index contributed by atoms with van der Waals surface area (Å²) in [5.74, 6) is 0. The summed E-state index contributed by atoms with van der Waals surface area (Å²) in [6.07, 6.45) is -0.408. The van der Waals surface area contributed by atoms with Crippen molar-refractivity contribution in [1.82, 2.24) is 4.90 Å². The molecule has 0 aliphatic carbocycles. The molecule has 1 aliphatic rings. The third-order valence-electron chi connectivity index (χ3n) is 3.36. The standard InChI is InChI=1S/C14H16BrNO2S/c15-11-1-2-13-10(7-11)8-14(19-13)12(17)9-16-3-5-18-6-4-16/h1-2,7-8,12,17H,3-6,9H2. The maximum absolute atomic E-state index is 10.4. The van der Waals surface area contributed by atoms with Gasteiger partial charge in [0.15, 0.2) is 0 Å². The molecule has 0 bridgehead atoms. The first kappa shape index (κ1) is 13.5. The molecule has 1 aliphatic heterocycles. The van der Waals surface area contributed by atoms with E-state index in [0.717, 1.165) is 35.7 Å². The second-order valence-electron chi connectivity index (χ2n) is 4.76. The lowest BCUT2D eigenvalue weighted by Crippen LogP contribution is -2.38. The highest BCUT2D eigenvalue weighted by Gasteiger charge is 2.17. The number of aliphatic hydroxyl groups excluding tert-OH is 1. The van der Waals surface area contributed by atoms with E-state index in [2.05, 4.69) is 39.0 Å². The first-order valence-corrected chi connectivity index (χ1v) is 8.00. The minimum absolute atomic E-state index is 0.408. The molecule has 3 rings (SSSR count). The number of morpholine rings is 1. The van der Waals surface area contributed by atoms with Gasteiger partial charge in [-0.1, -0.05) is 15.9 Å². The maximum Gasteiger partial charge on any atom is 0.101 e.